The van der Waals surface area contributed by atoms with Gasteiger partial charge in [0.1, 0.15) is 5.54 Å². The summed E-state index contributed by atoms with van der Waals surface area (Å²) in [5.41, 5.74) is -0.637. The van der Waals surface area contributed by atoms with Crippen LogP contribution in [-0.4, -0.2) is 75.8 Å². The molecule has 1 spiro atoms. The van der Waals surface area contributed by atoms with Crippen molar-refractivity contribution in [1.82, 2.24) is 19.6 Å². The van der Waals surface area contributed by atoms with Crippen LogP contribution in [0.5, 0.6) is 0 Å². The zero-order chi connectivity index (χ0) is 23.6. The van der Waals surface area contributed by atoms with Crippen LogP contribution < -0.4 is 0 Å². The van der Waals surface area contributed by atoms with Crippen molar-refractivity contribution in [2.24, 2.45) is 5.92 Å². The molecular weight excluding hydrogens is 432 g/mol. The fraction of sp³-hybridized carbons (Fsp3) is 0.769. The van der Waals surface area contributed by atoms with E-state index in [-0.39, 0.29) is 18.0 Å². The van der Waals surface area contributed by atoms with E-state index in [1.165, 1.54) is 47.0 Å². The van der Waals surface area contributed by atoms with Crippen molar-refractivity contribution in [3.05, 3.63) is 21.9 Å². The number of rotatable bonds is 8. The fourth-order valence-electron chi connectivity index (χ4n) is 5.61. The van der Waals surface area contributed by atoms with E-state index in [1.54, 1.807) is 0 Å². The van der Waals surface area contributed by atoms with Crippen molar-refractivity contribution >= 4 is 23.3 Å². The van der Waals surface area contributed by atoms with Crippen LogP contribution in [0.15, 0.2) is 12.1 Å². The van der Waals surface area contributed by atoms with Gasteiger partial charge in [-0.05, 0) is 77.1 Å². The number of likely N-dealkylation sites (tertiary alicyclic amines) is 2. The fourth-order valence-corrected chi connectivity index (χ4v) is 6.71. The molecule has 3 fully saturated rings. The van der Waals surface area contributed by atoms with E-state index in [2.05, 4.69) is 35.8 Å². The lowest BCUT2D eigenvalue weighted by atomic mass is 9.85. The zero-order valence-corrected chi connectivity index (χ0v) is 21.8. The number of carbonyl (C=O) groups excluding carboxylic acids is 2. The van der Waals surface area contributed by atoms with Crippen LogP contribution in [0.25, 0.3) is 0 Å². The maximum atomic E-state index is 13.5. The van der Waals surface area contributed by atoms with Gasteiger partial charge in [-0.15, -0.1) is 11.3 Å². The molecule has 0 aromatic carbocycles. The Hall–Kier alpha value is -1.44. The number of imide groups is 1. The highest BCUT2D eigenvalue weighted by atomic mass is 32.1. The van der Waals surface area contributed by atoms with Crippen LogP contribution in [0, 0.1) is 5.92 Å². The Kier molecular flexibility index (Phi) is 7.81. The van der Waals surface area contributed by atoms with Crippen LogP contribution in [0.2, 0.25) is 0 Å². The number of hydrogen-bond acceptors (Lipinski definition) is 5. The summed E-state index contributed by atoms with van der Waals surface area (Å²) in [4.78, 5) is 38.1. The van der Waals surface area contributed by atoms with E-state index in [1.807, 2.05) is 30.1 Å². The Morgan fingerprint density at radius 3 is 2.00 bits per heavy atom. The molecule has 184 valence electrons. The highest BCUT2D eigenvalue weighted by molar-refractivity contribution is 7.11. The Morgan fingerprint density at radius 1 is 0.879 bits per heavy atom. The van der Waals surface area contributed by atoms with Crippen LogP contribution in [0.1, 0.15) is 76.0 Å². The van der Waals surface area contributed by atoms with Gasteiger partial charge in [0.05, 0.1) is 0 Å². The van der Waals surface area contributed by atoms with Crippen LogP contribution >= 0.6 is 11.3 Å². The highest BCUT2D eigenvalue weighted by Gasteiger charge is 2.58. The van der Waals surface area contributed by atoms with Crippen molar-refractivity contribution < 1.29 is 9.59 Å². The van der Waals surface area contributed by atoms with E-state index in [0.717, 1.165) is 45.4 Å². The molecule has 3 saturated heterocycles. The van der Waals surface area contributed by atoms with Crippen LogP contribution in [-0.2, 0) is 17.9 Å². The zero-order valence-electron chi connectivity index (χ0n) is 21.0. The monoisotopic (exact) mass is 474 g/mol. The second-order valence-electron chi connectivity index (χ2n) is 10.9. The minimum absolute atomic E-state index is 0.0332. The van der Waals surface area contributed by atoms with Gasteiger partial charge in [0, 0.05) is 48.5 Å². The summed E-state index contributed by atoms with van der Waals surface area (Å²) in [6.45, 7) is 15.1. The first-order valence-electron chi connectivity index (χ1n) is 13.0. The molecule has 0 saturated carbocycles. The second kappa shape index (κ2) is 10.4. The molecule has 4 heterocycles. The van der Waals surface area contributed by atoms with Gasteiger partial charge in [0.2, 0.25) is 0 Å². The molecule has 0 N–H and O–H groups in total. The minimum Gasteiger partial charge on any atom is -0.309 e. The van der Waals surface area contributed by atoms with Crippen molar-refractivity contribution in [1.29, 1.82) is 0 Å². The van der Waals surface area contributed by atoms with E-state index < -0.39 is 5.54 Å². The molecule has 4 rings (SSSR count). The molecule has 0 aliphatic carbocycles. The van der Waals surface area contributed by atoms with Gasteiger partial charge in [0.15, 0.2) is 0 Å². The topological polar surface area (TPSA) is 47.1 Å². The third-order valence-corrected chi connectivity index (χ3v) is 8.68. The van der Waals surface area contributed by atoms with Crippen molar-refractivity contribution in [3.8, 4) is 0 Å². The third-order valence-electron chi connectivity index (χ3n) is 7.63. The summed E-state index contributed by atoms with van der Waals surface area (Å²) >= 11 is 1.94. The number of urea groups is 1. The molecule has 7 heteroatoms. The maximum Gasteiger partial charge on any atom is 0.327 e. The average molecular weight is 475 g/mol. The summed E-state index contributed by atoms with van der Waals surface area (Å²) < 4.78 is 0. The molecule has 1 aromatic heterocycles. The number of thiophene rings is 1. The molecule has 1 aromatic rings. The Labute approximate surface area is 203 Å². The van der Waals surface area contributed by atoms with Gasteiger partial charge in [-0.3, -0.25) is 19.5 Å². The Morgan fingerprint density at radius 2 is 1.45 bits per heavy atom. The summed E-state index contributed by atoms with van der Waals surface area (Å²) in [6, 6.07) is 4.42. The SMILES string of the molecule is CC(C)CCN1C(=O)N(C(C)C)C(=O)C12CCN(Cc1ccc(CN3CCCCC3)s1)CC2. The molecule has 0 atom stereocenters. The van der Waals surface area contributed by atoms with Gasteiger partial charge < -0.3 is 4.90 Å². The number of amides is 3. The van der Waals surface area contributed by atoms with E-state index >= 15 is 0 Å². The highest BCUT2D eigenvalue weighted by Crippen LogP contribution is 2.39. The summed E-state index contributed by atoms with van der Waals surface area (Å²) in [5, 5.41) is 0. The summed E-state index contributed by atoms with van der Waals surface area (Å²) in [5.74, 6) is 0.543. The lowest BCUT2D eigenvalue weighted by Gasteiger charge is -2.42. The molecule has 3 aliphatic rings. The Balaban J connectivity index is 1.38. The number of nitrogens with zero attached hydrogens (tertiary/aromatic N) is 4. The van der Waals surface area contributed by atoms with Crippen molar-refractivity contribution in [2.45, 2.75) is 90.9 Å². The van der Waals surface area contributed by atoms with Crippen molar-refractivity contribution in [2.75, 3.05) is 32.7 Å². The standard InChI is InChI=1S/C26H42N4O2S/c1-20(2)10-15-29-25(32)30(21(3)4)24(31)26(29)11-16-28(17-12-26)19-23-9-8-22(33-23)18-27-13-6-5-7-14-27/h8-9,20-21H,5-7,10-19H2,1-4H3. The normalized spacial score (nSPS) is 22.5. The first-order chi connectivity index (χ1) is 15.8. The van der Waals surface area contributed by atoms with Gasteiger partial charge >= 0.3 is 6.03 Å². The molecule has 3 aliphatic heterocycles. The molecule has 0 bridgehead atoms. The second-order valence-corrected chi connectivity index (χ2v) is 12.2. The molecular formula is C26H42N4O2S. The average Bonchev–Trinajstić information content (AvgIpc) is 3.29. The largest absolute Gasteiger partial charge is 0.327 e. The van der Waals surface area contributed by atoms with Gasteiger partial charge in [-0.1, -0.05) is 20.3 Å². The van der Waals surface area contributed by atoms with Gasteiger partial charge in [-0.25, -0.2) is 4.79 Å². The first kappa shape index (κ1) is 24.7. The smallest absolute Gasteiger partial charge is 0.309 e. The number of piperidine rings is 2. The van der Waals surface area contributed by atoms with Crippen LogP contribution in [0.4, 0.5) is 4.79 Å². The van der Waals surface area contributed by atoms with E-state index in [9.17, 15) is 9.59 Å². The lowest BCUT2D eigenvalue weighted by molar-refractivity contribution is -0.136. The summed E-state index contributed by atoms with van der Waals surface area (Å²) in [6.07, 6.45) is 6.45. The molecule has 0 unspecified atom stereocenters. The summed E-state index contributed by atoms with van der Waals surface area (Å²) in [7, 11) is 0. The molecule has 33 heavy (non-hydrogen) atoms. The van der Waals surface area contributed by atoms with Crippen LogP contribution in [0.3, 0.4) is 0 Å². The predicted molar refractivity (Wildman–Crippen MR) is 134 cm³/mol. The third kappa shape index (κ3) is 5.30. The minimum atomic E-state index is -0.637. The Bertz CT molecular complexity index is 822. The number of carbonyl (C=O) groups is 2. The lowest BCUT2D eigenvalue weighted by Crippen LogP contribution is -2.56. The molecule has 3 amide bonds. The predicted octanol–water partition coefficient (Wildman–Crippen LogP) is 4.79. The molecule has 6 nitrogen and oxygen atoms in total. The number of hydrogen-bond donors (Lipinski definition) is 0. The first-order valence-corrected chi connectivity index (χ1v) is 13.8. The van der Waals surface area contributed by atoms with Gasteiger partial charge in [-0.2, -0.15) is 0 Å². The van der Waals surface area contributed by atoms with E-state index in [0.29, 0.717) is 12.5 Å². The van der Waals surface area contributed by atoms with Crippen molar-refractivity contribution in [3.63, 3.8) is 0 Å². The van der Waals surface area contributed by atoms with E-state index in [4.69, 9.17) is 0 Å². The quantitative estimate of drug-likeness (QED) is 0.509. The molecule has 0 radical (unpaired) electrons. The van der Waals surface area contributed by atoms with Gasteiger partial charge in [0.25, 0.3) is 5.91 Å². The maximum absolute atomic E-state index is 13.5.